The molecule has 0 amide bonds. The third-order valence-electron chi connectivity index (χ3n) is 0.383. The molecule has 1 nitrogen and oxygen atoms in total. The molecular formula is C3H7AsNS2+3. The molecular weight excluding hydrogens is 189 g/mol. The summed E-state index contributed by atoms with van der Waals surface area (Å²) in [5.41, 5.74) is 0. The van der Waals surface area contributed by atoms with Gasteiger partial charge in [0.2, 0.25) is 0 Å². The third kappa shape index (κ3) is 6.80. The van der Waals surface area contributed by atoms with E-state index in [2.05, 4.69) is 24.8 Å². The Balaban J connectivity index is 0. The predicted octanol–water partition coefficient (Wildman–Crippen LogP) is 0.382. The molecule has 0 rings (SSSR count). The van der Waals surface area contributed by atoms with E-state index in [1.165, 1.54) is 0 Å². The fraction of sp³-hybridized carbons (Fsp3) is 0.667. The summed E-state index contributed by atoms with van der Waals surface area (Å²) in [7, 11) is 3.71. The van der Waals surface area contributed by atoms with Gasteiger partial charge in [-0.15, -0.1) is 12.6 Å². The minimum atomic E-state index is 0. The number of thiocarbonyl (C=S) groups is 1. The van der Waals surface area contributed by atoms with Crippen LogP contribution in [0.2, 0.25) is 0 Å². The van der Waals surface area contributed by atoms with Crippen LogP contribution in [-0.4, -0.2) is 41.3 Å². The molecule has 0 aromatic heterocycles. The van der Waals surface area contributed by atoms with Gasteiger partial charge in [0.05, 0.1) is 0 Å². The topological polar surface area (TPSA) is 3.24 Å². The zero-order valence-corrected chi connectivity index (χ0v) is 7.84. The van der Waals surface area contributed by atoms with Gasteiger partial charge in [-0.05, 0) is 0 Å². The van der Waals surface area contributed by atoms with Crippen molar-refractivity contribution in [2.24, 2.45) is 0 Å². The molecule has 0 heterocycles. The smallest absolute Gasteiger partial charge is 0.364 e. The zero-order chi connectivity index (χ0) is 5.15. The van der Waals surface area contributed by atoms with Crippen molar-refractivity contribution < 1.29 is 0 Å². The normalized spacial score (nSPS) is 6.71. The average molecular weight is 196 g/mol. The monoisotopic (exact) mass is 196 g/mol. The van der Waals surface area contributed by atoms with Crippen molar-refractivity contribution in [1.82, 2.24) is 4.90 Å². The Hall–Kier alpha value is 0.798. The van der Waals surface area contributed by atoms with Crippen LogP contribution in [0.1, 0.15) is 0 Å². The summed E-state index contributed by atoms with van der Waals surface area (Å²) in [4.78, 5) is 1.76. The summed E-state index contributed by atoms with van der Waals surface area (Å²) < 4.78 is 0.620. The molecule has 4 heteroatoms. The predicted molar refractivity (Wildman–Crippen MR) is 41.0 cm³/mol. The molecule has 0 aliphatic rings. The van der Waals surface area contributed by atoms with E-state index in [1.807, 2.05) is 14.1 Å². The number of thiol groups is 1. The Morgan fingerprint density at radius 3 is 1.71 bits per heavy atom. The van der Waals surface area contributed by atoms with Gasteiger partial charge in [0.15, 0.2) is 0 Å². The fourth-order valence-corrected chi connectivity index (χ4v) is 0. The van der Waals surface area contributed by atoms with Crippen LogP contribution in [0.25, 0.3) is 0 Å². The third-order valence-corrected chi connectivity index (χ3v) is 1.15. The van der Waals surface area contributed by atoms with Crippen molar-refractivity contribution in [3.8, 4) is 0 Å². The summed E-state index contributed by atoms with van der Waals surface area (Å²) >= 11 is 8.46. The van der Waals surface area contributed by atoms with E-state index in [0.29, 0.717) is 4.32 Å². The Morgan fingerprint density at radius 1 is 1.57 bits per heavy atom. The fourth-order valence-electron chi connectivity index (χ4n) is 0. The Labute approximate surface area is 66.2 Å². The van der Waals surface area contributed by atoms with Crippen LogP contribution >= 0.6 is 24.8 Å². The first kappa shape index (κ1) is 10.7. The van der Waals surface area contributed by atoms with Gasteiger partial charge in [0, 0.05) is 14.1 Å². The molecule has 0 spiro atoms. The molecule has 7 heavy (non-hydrogen) atoms. The largest absolute Gasteiger partial charge is 3.00 e. The number of rotatable bonds is 0. The van der Waals surface area contributed by atoms with E-state index in [9.17, 15) is 0 Å². The number of nitrogens with zero attached hydrogens (tertiary/aromatic N) is 1. The van der Waals surface area contributed by atoms with Crippen molar-refractivity contribution in [2.45, 2.75) is 0 Å². The zero-order valence-electron chi connectivity index (χ0n) is 4.25. The molecule has 0 aromatic rings. The van der Waals surface area contributed by atoms with Gasteiger partial charge in [-0.1, -0.05) is 12.2 Å². The Kier molecular flexibility index (Phi) is 7.57. The maximum Gasteiger partial charge on any atom is 3.00 e. The summed E-state index contributed by atoms with van der Waals surface area (Å²) in [6.07, 6.45) is 0. The molecule has 2 radical (unpaired) electrons. The first-order valence-corrected chi connectivity index (χ1v) is 2.40. The molecule has 0 fully saturated rings. The molecule has 38 valence electrons. The summed E-state index contributed by atoms with van der Waals surface area (Å²) in [6, 6.07) is 0. The van der Waals surface area contributed by atoms with E-state index in [4.69, 9.17) is 0 Å². The van der Waals surface area contributed by atoms with Crippen molar-refractivity contribution in [2.75, 3.05) is 14.1 Å². The second kappa shape index (κ2) is 4.95. The van der Waals surface area contributed by atoms with Crippen LogP contribution in [0, 0.1) is 0 Å². The van der Waals surface area contributed by atoms with Crippen LogP contribution in [0.3, 0.4) is 0 Å². The molecule has 0 aliphatic heterocycles. The van der Waals surface area contributed by atoms with Gasteiger partial charge in [0.1, 0.15) is 4.32 Å². The molecule has 0 unspecified atom stereocenters. The van der Waals surface area contributed by atoms with Gasteiger partial charge in [0.25, 0.3) is 0 Å². The second-order valence-corrected chi connectivity index (χ2v) is 2.29. The Morgan fingerprint density at radius 2 is 1.71 bits per heavy atom. The Bertz CT molecular complexity index is 64.0. The first-order valence-electron chi connectivity index (χ1n) is 1.55. The van der Waals surface area contributed by atoms with Crippen LogP contribution in [0.4, 0.5) is 0 Å². The van der Waals surface area contributed by atoms with E-state index in [-0.39, 0.29) is 18.0 Å². The quantitative estimate of drug-likeness (QED) is 0.339. The van der Waals surface area contributed by atoms with Gasteiger partial charge in [-0.3, -0.25) is 0 Å². The van der Waals surface area contributed by atoms with E-state index in [0.717, 1.165) is 0 Å². The summed E-state index contributed by atoms with van der Waals surface area (Å²) in [6.45, 7) is 0. The molecule has 0 aromatic carbocycles. The molecule has 0 atom stereocenters. The SMILES string of the molecule is CN(C)C(=S)S.[As+3]. The maximum absolute atomic E-state index is 4.61. The van der Waals surface area contributed by atoms with Gasteiger partial charge >= 0.3 is 18.0 Å². The first-order chi connectivity index (χ1) is 2.64. The van der Waals surface area contributed by atoms with Gasteiger partial charge < -0.3 is 4.90 Å². The molecule has 0 aliphatic carbocycles. The summed E-state index contributed by atoms with van der Waals surface area (Å²) in [5, 5.41) is 0. The molecule has 0 saturated heterocycles. The van der Waals surface area contributed by atoms with Crippen molar-refractivity contribution in [1.29, 1.82) is 0 Å². The van der Waals surface area contributed by atoms with Crippen molar-refractivity contribution in [3.63, 3.8) is 0 Å². The molecule has 0 saturated carbocycles. The van der Waals surface area contributed by atoms with E-state index >= 15 is 0 Å². The van der Waals surface area contributed by atoms with Crippen molar-refractivity contribution >= 4 is 47.1 Å². The summed E-state index contributed by atoms with van der Waals surface area (Å²) in [5.74, 6) is 0. The number of hydrogen-bond donors (Lipinski definition) is 1. The van der Waals surface area contributed by atoms with Crippen molar-refractivity contribution in [3.05, 3.63) is 0 Å². The average Bonchev–Trinajstić information content (AvgIpc) is 1.36. The van der Waals surface area contributed by atoms with Gasteiger partial charge in [-0.2, -0.15) is 0 Å². The van der Waals surface area contributed by atoms with E-state index in [1.54, 1.807) is 4.90 Å². The van der Waals surface area contributed by atoms with Crippen LogP contribution in [0.5, 0.6) is 0 Å². The minimum Gasteiger partial charge on any atom is -0.364 e. The number of hydrogen-bond acceptors (Lipinski definition) is 1. The molecule has 0 N–H and O–H groups in total. The van der Waals surface area contributed by atoms with Crippen LogP contribution < -0.4 is 0 Å². The standard InChI is InChI=1S/C3H7NS2.As/c1-4(2)3(5)6;/h1-2H3,(H,5,6);/q;+3. The van der Waals surface area contributed by atoms with Crippen LogP contribution in [-0.2, 0) is 0 Å². The second-order valence-electron chi connectivity index (χ2n) is 1.18. The molecule has 0 bridgehead atoms. The maximum atomic E-state index is 4.61. The minimum absolute atomic E-state index is 0. The van der Waals surface area contributed by atoms with Gasteiger partial charge in [-0.25, -0.2) is 0 Å². The van der Waals surface area contributed by atoms with E-state index < -0.39 is 0 Å². The van der Waals surface area contributed by atoms with Crippen LogP contribution in [0.15, 0.2) is 0 Å².